The van der Waals surface area contributed by atoms with Crippen LogP contribution in [0.5, 0.6) is 0 Å². The Balaban J connectivity index is 3.33. The van der Waals surface area contributed by atoms with Crippen LogP contribution in [-0.2, 0) is 14.3 Å². The van der Waals surface area contributed by atoms with E-state index in [0.29, 0.717) is 19.5 Å². The number of ether oxygens (including phenoxy) is 1. The quantitative estimate of drug-likeness (QED) is 0.577. The summed E-state index contributed by atoms with van der Waals surface area (Å²) in [4.78, 5) is 21.7. The van der Waals surface area contributed by atoms with Crippen molar-refractivity contribution < 1.29 is 14.3 Å². The number of carbonyl (C=O) groups excluding carboxylic acids is 2. The van der Waals surface area contributed by atoms with E-state index in [1.54, 1.807) is 0 Å². The van der Waals surface area contributed by atoms with Crippen LogP contribution in [0.3, 0.4) is 0 Å². The minimum absolute atomic E-state index is 0.0371. The Kier molecular flexibility index (Phi) is 6.91. The number of nitrogens with one attached hydrogen (secondary N) is 2. The van der Waals surface area contributed by atoms with Gasteiger partial charge in [-0.2, -0.15) is 0 Å². The van der Waals surface area contributed by atoms with Crippen molar-refractivity contribution in [3.63, 3.8) is 0 Å². The molecular formula is C8H16N2O3. The molecule has 0 heterocycles. The fraction of sp³-hybridized carbons (Fsp3) is 0.750. The molecule has 0 saturated carbocycles. The predicted octanol–water partition coefficient (Wildman–Crippen LogP) is -0.725. The Morgan fingerprint density at radius 1 is 1.23 bits per heavy atom. The van der Waals surface area contributed by atoms with Crippen LogP contribution in [0.2, 0.25) is 0 Å². The van der Waals surface area contributed by atoms with Gasteiger partial charge >= 0.3 is 0 Å². The van der Waals surface area contributed by atoms with Crippen molar-refractivity contribution in [2.45, 2.75) is 13.3 Å². The Hall–Kier alpha value is -1.10. The average molecular weight is 188 g/mol. The molecule has 0 aliphatic rings. The van der Waals surface area contributed by atoms with Crippen molar-refractivity contribution >= 4 is 11.8 Å². The number of amides is 2. The van der Waals surface area contributed by atoms with Crippen molar-refractivity contribution in [1.82, 2.24) is 10.6 Å². The van der Waals surface area contributed by atoms with Gasteiger partial charge in [-0.25, -0.2) is 0 Å². The summed E-state index contributed by atoms with van der Waals surface area (Å²) in [6.45, 7) is 2.86. The van der Waals surface area contributed by atoms with Crippen molar-refractivity contribution in [1.29, 1.82) is 0 Å². The molecule has 0 aromatic heterocycles. The smallest absolute Gasteiger partial charge is 0.245 e. The molecule has 0 spiro atoms. The number of rotatable bonds is 6. The van der Waals surface area contributed by atoms with Gasteiger partial charge in [0.1, 0.15) is 6.61 Å². The topological polar surface area (TPSA) is 67.4 Å². The summed E-state index contributed by atoms with van der Waals surface area (Å²) in [5.41, 5.74) is 0. The predicted molar refractivity (Wildman–Crippen MR) is 48.2 cm³/mol. The van der Waals surface area contributed by atoms with E-state index in [1.165, 1.54) is 7.11 Å². The van der Waals surface area contributed by atoms with E-state index in [4.69, 9.17) is 0 Å². The third-order valence-corrected chi connectivity index (χ3v) is 1.32. The zero-order valence-corrected chi connectivity index (χ0v) is 8.05. The summed E-state index contributed by atoms with van der Waals surface area (Å²) < 4.78 is 4.60. The first kappa shape index (κ1) is 11.9. The number of hydrogen-bond donors (Lipinski definition) is 2. The largest absolute Gasteiger partial charge is 0.375 e. The fourth-order valence-corrected chi connectivity index (χ4v) is 0.783. The van der Waals surface area contributed by atoms with Gasteiger partial charge < -0.3 is 15.4 Å². The molecule has 2 amide bonds. The maximum atomic E-state index is 10.9. The van der Waals surface area contributed by atoms with Crippen LogP contribution < -0.4 is 10.6 Å². The van der Waals surface area contributed by atoms with Crippen LogP contribution in [0.1, 0.15) is 13.3 Å². The van der Waals surface area contributed by atoms with Crippen molar-refractivity contribution in [3.05, 3.63) is 0 Å². The van der Waals surface area contributed by atoms with Gasteiger partial charge in [-0.05, 0) is 6.92 Å². The molecule has 76 valence electrons. The third kappa shape index (κ3) is 7.27. The highest BCUT2D eigenvalue weighted by atomic mass is 16.5. The molecule has 2 N–H and O–H groups in total. The van der Waals surface area contributed by atoms with E-state index in [0.717, 1.165) is 0 Å². The zero-order valence-electron chi connectivity index (χ0n) is 8.05. The summed E-state index contributed by atoms with van der Waals surface area (Å²) >= 11 is 0. The van der Waals surface area contributed by atoms with E-state index >= 15 is 0 Å². The summed E-state index contributed by atoms with van der Waals surface area (Å²) in [6, 6.07) is 0. The molecule has 0 aliphatic carbocycles. The molecule has 13 heavy (non-hydrogen) atoms. The molecule has 0 unspecified atom stereocenters. The molecule has 5 heteroatoms. The molecule has 0 aromatic rings. The lowest BCUT2D eigenvalue weighted by molar-refractivity contribution is -0.125. The molecule has 0 saturated heterocycles. The highest BCUT2D eigenvalue weighted by Gasteiger charge is 2.01. The first-order valence-corrected chi connectivity index (χ1v) is 4.23. The van der Waals surface area contributed by atoms with Crippen LogP contribution in [0.15, 0.2) is 0 Å². The second-order valence-corrected chi connectivity index (χ2v) is 2.49. The number of hydrogen-bond acceptors (Lipinski definition) is 3. The van der Waals surface area contributed by atoms with Crippen LogP contribution in [-0.4, -0.2) is 38.6 Å². The third-order valence-electron chi connectivity index (χ3n) is 1.32. The molecule has 0 bridgehead atoms. The maximum absolute atomic E-state index is 10.9. The van der Waals surface area contributed by atoms with Gasteiger partial charge in [0.15, 0.2) is 0 Å². The van der Waals surface area contributed by atoms with Gasteiger partial charge in [-0.1, -0.05) is 0 Å². The molecule has 0 rings (SSSR count). The van der Waals surface area contributed by atoms with Gasteiger partial charge in [0.2, 0.25) is 11.8 Å². The average Bonchev–Trinajstić information content (AvgIpc) is 2.05. The van der Waals surface area contributed by atoms with Crippen molar-refractivity contribution in [2.24, 2.45) is 0 Å². The van der Waals surface area contributed by atoms with E-state index in [-0.39, 0.29) is 18.4 Å². The lowest BCUT2D eigenvalue weighted by Gasteiger charge is -2.04. The Morgan fingerprint density at radius 3 is 2.46 bits per heavy atom. The maximum Gasteiger partial charge on any atom is 0.245 e. The molecule has 0 fully saturated rings. The van der Waals surface area contributed by atoms with Gasteiger partial charge in [0.05, 0.1) is 0 Å². The standard InChI is InChI=1S/C8H16N2O3/c1-3-9-7(11)4-5-10-8(12)6-13-2/h3-6H2,1-2H3,(H,9,11)(H,10,12). The lowest BCUT2D eigenvalue weighted by atomic mass is 10.4. The normalized spacial score (nSPS) is 9.38. The minimum atomic E-state index is -0.202. The lowest BCUT2D eigenvalue weighted by Crippen LogP contribution is -2.32. The van der Waals surface area contributed by atoms with Crippen LogP contribution in [0.4, 0.5) is 0 Å². The zero-order chi connectivity index (χ0) is 10.1. The molecular weight excluding hydrogens is 172 g/mol. The monoisotopic (exact) mass is 188 g/mol. The molecule has 0 atom stereocenters. The highest BCUT2D eigenvalue weighted by Crippen LogP contribution is 1.77. The fourth-order valence-electron chi connectivity index (χ4n) is 0.783. The van der Waals surface area contributed by atoms with Crippen molar-refractivity contribution in [3.8, 4) is 0 Å². The van der Waals surface area contributed by atoms with Gasteiger partial charge in [0, 0.05) is 26.6 Å². The van der Waals surface area contributed by atoms with Crippen LogP contribution in [0, 0.1) is 0 Å². The van der Waals surface area contributed by atoms with E-state index in [9.17, 15) is 9.59 Å². The van der Waals surface area contributed by atoms with Crippen LogP contribution >= 0.6 is 0 Å². The van der Waals surface area contributed by atoms with E-state index < -0.39 is 0 Å². The first-order chi connectivity index (χ1) is 6.20. The van der Waals surface area contributed by atoms with Crippen molar-refractivity contribution in [2.75, 3.05) is 26.8 Å². The van der Waals surface area contributed by atoms with Crippen LogP contribution in [0.25, 0.3) is 0 Å². The Labute approximate surface area is 77.8 Å². The molecule has 0 aliphatic heterocycles. The molecule has 5 nitrogen and oxygen atoms in total. The molecule has 0 radical (unpaired) electrons. The SMILES string of the molecule is CCNC(=O)CCNC(=O)COC. The highest BCUT2D eigenvalue weighted by molar-refractivity contribution is 5.79. The summed E-state index contributed by atoms with van der Waals surface area (Å²) in [5, 5.41) is 5.18. The van der Waals surface area contributed by atoms with Gasteiger partial charge in [-0.15, -0.1) is 0 Å². The second kappa shape index (κ2) is 7.54. The Morgan fingerprint density at radius 2 is 1.92 bits per heavy atom. The second-order valence-electron chi connectivity index (χ2n) is 2.49. The number of carbonyl (C=O) groups is 2. The van der Waals surface area contributed by atoms with E-state index in [2.05, 4.69) is 15.4 Å². The Bertz CT molecular complexity index is 153. The van der Waals surface area contributed by atoms with Gasteiger partial charge in [-0.3, -0.25) is 9.59 Å². The summed E-state index contributed by atoms with van der Waals surface area (Å²) in [7, 11) is 1.45. The van der Waals surface area contributed by atoms with Gasteiger partial charge in [0.25, 0.3) is 0 Å². The summed E-state index contributed by atoms with van der Waals surface area (Å²) in [6.07, 6.45) is 0.309. The first-order valence-electron chi connectivity index (χ1n) is 4.23. The molecule has 0 aromatic carbocycles. The minimum Gasteiger partial charge on any atom is -0.375 e. The summed E-state index contributed by atoms with van der Waals surface area (Å²) in [5.74, 6) is -0.257. The van der Waals surface area contributed by atoms with E-state index in [1.807, 2.05) is 6.92 Å². The number of methoxy groups -OCH3 is 1.